The highest BCUT2D eigenvalue weighted by atomic mass is 15.1. The highest BCUT2D eigenvalue weighted by molar-refractivity contribution is 6.14. The van der Waals surface area contributed by atoms with Crippen molar-refractivity contribution in [3.8, 4) is 33.9 Å². The maximum atomic E-state index is 5.32. The predicted octanol–water partition coefficient (Wildman–Crippen LogP) is 9.47. The van der Waals surface area contributed by atoms with Crippen molar-refractivity contribution in [3.05, 3.63) is 134 Å². The first-order valence-electron chi connectivity index (χ1n) is 14.3. The number of pyridine rings is 2. The van der Waals surface area contributed by atoms with Gasteiger partial charge >= 0.3 is 0 Å². The minimum atomic E-state index is 0.919. The number of hydrogen-bond acceptors (Lipinski definition) is 2. The lowest BCUT2D eigenvalue weighted by Crippen LogP contribution is -1.99. The average Bonchev–Trinajstić information content (AvgIpc) is 3.68. The van der Waals surface area contributed by atoms with Crippen LogP contribution in [0.3, 0.4) is 0 Å². The first-order valence-corrected chi connectivity index (χ1v) is 14.3. The van der Waals surface area contributed by atoms with E-state index in [9.17, 15) is 0 Å². The Morgan fingerprint density at radius 3 is 1.88 bits per heavy atom. The van der Waals surface area contributed by atoms with E-state index >= 15 is 0 Å². The lowest BCUT2D eigenvalue weighted by atomic mass is 10.1. The van der Waals surface area contributed by atoms with Gasteiger partial charge in [0.1, 0.15) is 5.82 Å². The molecule has 4 nitrogen and oxygen atoms in total. The maximum absolute atomic E-state index is 5.32. The Hall–Kier alpha value is -5.74. The van der Waals surface area contributed by atoms with Gasteiger partial charge in [0.2, 0.25) is 0 Å². The van der Waals surface area contributed by atoms with Gasteiger partial charge in [-0.2, -0.15) is 0 Å². The van der Waals surface area contributed by atoms with Crippen molar-refractivity contribution in [2.24, 2.45) is 0 Å². The van der Waals surface area contributed by atoms with E-state index in [1.165, 1.54) is 49.1 Å². The van der Waals surface area contributed by atoms with Crippen molar-refractivity contribution < 1.29 is 0 Å². The molecule has 0 saturated heterocycles. The number of fused-ring (bicyclic) bond motifs is 9. The van der Waals surface area contributed by atoms with E-state index in [4.69, 9.17) is 4.98 Å². The van der Waals surface area contributed by atoms with Crippen LogP contribution in [0.5, 0.6) is 0 Å². The van der Waals surface area contributed by atoms with Gasteiger partial charge in [-0.3, -0.25) is 9.55 Å². The molecule has 0 fully saturated rings. The smallest absolute Gasteiger partial charge is 0.138 e. The standard InChI is InChI=1S/C38H22N4/c1-4-13-32-24(8-1)25-9-2-5-14-33(25)41(32)23-16-18-35-30(22-23)26-10-3-6-15-34(26)42(35)36-19-17-28-27-11-7-12-31-37(27)29(20-21-39-31)38(28)40-36/h1-22H. The summed E-state index contributed by atoms with van der Waals surface area (Å²) in [5.74, 6) is 0.919. The fraction of sp³-hybridized carbons (Fsp3) is 0. The van der Waals surface area contributed by atoms with E-state index in [0.29, 0.717) is 0 Å². The molecule has 1 aliphatic carbocycles. The Labute approximate surface area is 240 Å². The molecular formula is C38H22N4. The molecule has 1 aliphatic rings. The number of aromatic nitrogens is 4. The van der Waals surface area contributed by atoms with Crippen molar-refractivity contribution in [3.63, 3.8) is 0 Å². The van der Waals surface area contributed by atoms with Gasteiger partial charge in [-0.05, 0) is 66.2 Å². The molecule has 4 heterocycles. The second-order valence-corrected chi connectivity index (χ2v) is 11.0. The quantitative estimate of drug-likeness (QED) is 0.221. The molecule has 0 saturated carbocycles. The number of nitrogens with zero attached hydrogens (tertiary/aromatic N) is 4. The first kappa shape index (κ1) is 22.0. The summed E-state index contributed by atoms with van der Waals surface area (Å²) in [4.78, 5) is 9.93. The van der Waals surface area contributed by atoms with Crippen LogP contribution < -0.4 is 0 Å². The third-order valence-corrected chi connectivity index (χ3v) is 8.92. The van der Waals surface area contributed by atoms with Crippen molar-refractivity contribution >= 4 is 54.5 Å². The van der Waals surface area contributed by atoms with E-state index in [-0.39, 0.29) is 0 Å². The van der Waals surface area contributed by atoms with E-state index in [2.05, 4.69) is 142 Å². The van der Waals surface area contributed by atoms with Crippen LogP contribution >= 0.6 is 0 Å². The summed E-state index contributed by atoms with van der Waals surface area (Å²) in [5, 5.41) is 6.15. The molecule has 0 radical (unpaired) electrons. The van der Waals surface area contributed by atoms with Crippen molar-refractivity contribution in [2.45, 2.75) is 0 Å². The van der Waals surface area contributed by atoms with Crippen molar-refractivity contribution in [1.29, 1.82) is 0 Å². The van der Waals surface area contributed by atoms with E-state index in [1.54, 1.807) is 0 Å². The van der Waals surface area contributed by atoms with Gasteiger partial charge in [0.05, 0.1) is 33.3 Å². The topological polar surface area (TPSA) is 35.6 Å². The first-order chi connectivity index (χ1) is 20.8. The number of para-hydroxylation sites is 3. The fourth-order valence-electron chi connectivity index (χ4n) is 7.17. The minimum absolute atomic E-state index is 0.919. The minimum Gasteiger partial charge on any atom is -0.309 e. The monoisotopic (exact) mass is 534 g/mol. The molecule has 0 aliphatic heterocycles. The number of benzene rings is 5. The molecular weight excluding hydrogens is 512 g/mol. The zero-order chi connectivity index (χ0) is 27.4. The lowest BCUT2D eigenvalue weighted by molar-refractivity contribution is 1.09. The largest absolute Gasteiger partial charge is 0.309 e. The molecule has 5 aromatic carbocycles. The van der Waals surface area contributed by atoms with Gasteiger partial charge in [0, 0.05) is 49.9 Å². The van der Waals surface area contributed by atoms with Crippen LogP contribution in [0.25, 0.3) is 88.4 Å². The van der Waals surface area contributed by atoms with E-state index < -0.39 is 0 Å². The highest BCUT2D eigenvalue weighted by Gasteiger charge is 2.24. The summed E-state index contributed by atoms with van der Waals surface area (Å²) in [7, 11) is 0. The Balaban J connectivity index is 1.24. The SMILES string of the molecule is c1cc2c3c(ccnc3c1)-c1nc(-n3c4ccccc4c4cc(-n5c6ccccc6c6ccccc65)ccc43)ccc1-2. The lowest BCUT2D eigenvalue weighted by Gasteiger charge is -2.11. The van der Waals surface area contributed by atoms with Crippen LogP contribution in [0.4, 0.5) is 0 Å². The molecule has 194 valence electrons. The summed E-state index contributed by atoms with van der Waals surface area (Å²) < 4.78 is 4.69. The third-order valence-electron chi connectivity index (χ3n) is 8.92. The van der Waals surface area contributed by atoms with Crippen LogP contribution in [0, 0.1) is 0 Å². The molecule has 0 atom stereocenters. The summed E-state index contributed by atoms with van der Waals surface area (Å²) in [6.07, 6.45) is 1.89. The average molecular weight is 535 g/mol. The van der Waals surface area contributed by atoms with Crippen molar-refractivity contribution in [1.82, 2.24) is 19.1 Å². The zero-order valence-electron chi connectivity index (χ0n) is 22.5. The summed E-state index contributed by atoms with van der Waals surface area (Å²) in [6, 6.07) is 45.6. The Morgan fingerprint density at radius 2 is 1.12 bits per heavy atom. The maximum Gasteiger partial charge on any atom is 0.138 e. The summed E-state index contributed by atoms with van der Waals surface area (Å²) >= 11 is 0. The Bertz CT molecular complexity index is 2530. The zero-order valence-corrected chi connectivity index (χ0v) is 22.5. The predicted molar refractivity (Wildman–Crippen MR) is 173 cm³/mol. The van der Waals surface area contributed by atoms with Gasteiger partial charge in [0.15, 0.2) is 0 Å². The van der Waals surface area contributed by atoms with Gasteiger partial charge < -0.3 is 4.57 Å². The molecule has 0 spiro atoms. The molecule has 0 amide bonds. The van der Waals surface area contributed by atoms with Gasteiger partial charge in [-0.25, -0.2) is 4.98 Å². The molecule has 4 heteroatoms. The van der Waals surface area contributed by atoms with Gasteiger partial charge in [-0.1, -0.05) is 66.7 Å². The van der Waals surface area contributed by atoms with Gasteiger partial charge in [-0.15, -0.1) is 0 Å². The van der Waals surface area contributed by atoms with Crippen molar-refractivity contribution in [2.75, 3.05) is 0 Å². The van der Waals surface area contributed by atoms with Crippen LogP contribution in [0.2, 0.25) is 0 Å². The van der Waals surface area contributed by atoms with Crippen LogP contribution in [0.15, 0.2) is 134 Å². The molecule has 9 aromatic rings. The third kappa shape index (κ3) is 2.76. The van der Waals surface area contributed by atoms with Crippen LogP contribution in [0.1, 0.15) is 0 Å². The van der Waals surface area contributed by atoms with Crippen LogP contribution in [-0.4, -0.2) is 19.1 Å². The summed E-state index contributed by atoms with van der Waals surface area (Å²) in [5.41, 5.74) is 11.4. The highest BCUT2D eigenvalue weighted by Crippen LogP contribution is 2.46. The molecule has 10 rings (SSSR count). The molecule has 0 N–H and O–H groups in total. The molecule has 4 aromatic heterocycles. The van der Waals surface area contributed by atoms with E-state index in [1.807, 2.05) is 6.20 Å². The molecule has 42 heavy (non-hydrogen) atoms. The molecule has 0 bridgehead atoms. The number of hydrogen-bond donors (Lipinski definition) is 0. The second-order valence-electron chi connectivity index (χ2n) is 11.0. The normalized spacial score (nSPS) is 12.3. The molecule has 0 unspecified atom stereocenters. The Kier molecular flexibility index (Phi) is 4.15. The van der Waals surface area contributed by atoms with Gasteiger partial charge in [0.25, 0.3) is 0 Å². The van der Waals surface area contributed by atoms with Crippen LogP contribution in [-0.2, 0) is 0 Å². The summed E-state index contributed by atoms with van der Waals surface area (Å²) in [6.45, 7) is 0. The van der Waals surface area contributed by atoms with E-state index in [0.717, 1.165) is 39.3 Å². The Morgan fingerprint density at radius 1 is 0.452 bits per heavy atom. The number of rotatable bonds is 2. The second kappa shape index (κ2) is 7.93. The fourth-order valence-corrected chi connectivity index (χ4v) is 7.17.